The molecule has 2 saturated heterocycles. The molecule has 14 nitrogen and oxygen atoms in total. The Balaban J connectivity index is 1.66. The Bertz CT molecular complexity index is 1440. The Hall–Kier alpha value is -3.15. The second-order valence-corrected chi connectivity index (χ2v) is 13.7. The Morgan fingerprint density at radius 1 is 0.882 bits per heavy atom. The predicted molar refractivity (Wildman–Crippen MR) is 182 cm³/mol. The summed E-state index contributed by atoms with van der Waals surface area (Å²) in [5.74, 6) is -2.10. The van der Waals surface area contributed by atoms with Crippen molar-refractivity contribution in [2.75, 3.05) is 6.61 Å². The smallest absolute Gasteiger partial charge is 0.306 e. The minimum atomic E-state index is -2.03. The highest BCUT2D eigenvalue weighted by atomic mass is 16.7. The molecule has 3 aliphatic rings. The molecule has 0 radical (unpaired) electrons. The Morgan fingerprint density at radius 2 is 1.53 bits per heavy atom. The van der Waals surface area contributed by atoms with Crippen molar-refractivity contribution in [1.29, 1.82) is 0 Å². The van der Waals surface area contributed by atoms with Crippen LogP contribution in [0.4, 0.5) is 0 Å². The van der Waals surface area contributed by atoms with E-state index >= 15 is 0 Å². The summed E-state index contributed by atoms with van der Waals surface area (Å²) in [6.45, 7) is 10.6. The second kappa shape index (κ2) is 18.6. The lowest BCUT2D eigenvalue weighted by atomic mass is 9.71. The third kappa shape index (κ3) is 10.7. The lowest BCUT2D eigenvalue weighted by molar-refractivity contribution is -0.349. The van der Waals surface area contributed by atoms with Gasteiger partial charge in [-0.15, -0.1) is 0 Å². The van der Waals surface area contributed by atoms with Gasteiger partial charge in [0.15, 0.2) is 30.3 Å². The maximum absolute atomic E-state index is 13.3. The van der Waals surface area contributed by atoms with Crippen molar-refractivity contribution in [3.8, 4) is 0 Å². The number of rotatable bonds is 13. The van der Waals surface area contributed by atoms with Gasteiger partial charge < -0.3 is 54.7 Å². The predicted octanol–water partition coefficient (Wildman–Crippen LogP) is 0.768. The van der Waals surface area contributed by atoms with E-state index < -0.39 is 104 Å². The van der Waals surface area contributed by atoms with Crippen molar-refractivity contribution < 1.29 is 69.1 Å². The average molecular weight is 721 g/mol. The third-order valence-electron chi connectivity index (χ3n) is 9.14. The topological polar surface area (TPSA) is 230 Å². The number of carbonyl (C=O) groups excluding carboxylic acids is 3. The van der Waals surface area contributed by atoms with Gasteiger partial charge in [-0.25, -0.2) is 0 Å². The molecule has 2 aliphatic heterocycles. The van der Waals surface area contributed by atoms with E-state index in [2.05, 4.69) is 0 Å². The van der Waals surface area contributed by atoms with Crippen molar-refractivity contribution in [3.63, 3.8) is 0 Å². The quantitative estimate of drug-likeness (QED) is 0.103. The van der Waals surface area contributed by atoms with E-state index in [1.807, 2.05) is 83.2 Å². The number of aliphatic hydroxyl groups is 7. The molecule has 7 N–H and O–H groups in total. The van der Waals surface area contributed by atoms with E-state index in [1.54, 1.807) is 6.92 Å². The molecule has 0 bridgehead atoms. The normalized spacial score (nSPS) is 35.3. The highest BCUT2D eigenvalue weighted by Crippen LogP contribution is 2.41. The standard InChI is InChI=1S/C37H52O14/c1-7-8-10-19(2)11-9-12-20(3)13-14-22-21(4)27(41)24(17-37(22,5)6)48-26(40)16-15-23(39)33-34(30(44)31(45)35(47)50-33)51-36-32(46)29(43)28(42)25(18-38)49-36/h7-14,24-25,28-36,38,42-47H,15-18H2,1-6H3/b8-7+,11-9+,14-13+,19-10+,20-12+. The van der Waals surface area contributed by atoms with E-state index in [-0.39, 0.29) is 12.2 Å². The zero-order chi connectivity index (χ0) is 38.2. The summed E-state index contributed by atoms with van der Waals surface area (Å²) >= 11 is 0. The van der Waals surface area contributed by atoms with Crippen LogP contribution in [0, 0.1) is 5.41 Å². The number of aliphatic hydroxyl groups excluding tert-OH is 7. The van der Waals surface area contributed by atoms with E-state index in [9.17, 15) is 50.1 Å². The average Bonchev–Trinajstić information content (AvgIpc) is 3.08. The molecule has 0 aromatic heterocycles. The van der Waals surface area contributed by atoms with E-state index in [1.165, 1.54) is 0 Å². The Kier molecular flexibility index (Phi) is 15.4. The first kappa shape index (κ1) is 42.3. The summed E-state index contributed by atoms with van der Waals surface area (Å²) in [7, 11) is 0. The van der Waals surface area contributed by atoms with E-state index in [4.69, 9.17) is 18.9 Å². The van der Waals surface area contributed by atoms with Crippen molar-refractivity contribution in [1.82, 2.24) is 0 Å². The van der Waals surface area contributed by atoms with Crippen LogP contribution in [0.15, 0.2) is 70.9 Å². The summed E-state index contributed by atoms with van der Waals surface area (Å²) in [5.41, 5.74) is 2.75. The van der Waals surface area contributed by atoms with Crippen LogP contribution in [-0.2, 0) is 33.3 Å². The van der Waals surface area contributed by atoms with Crippen LogP contribution in [-0.4, -0.2) is 127 Å². The molecule has 2 heterocycles. The van der Waals surface area contributed by atoms with Crippen LogP contribution >= 0.6 is 0 Å². The molecule has 0 saturated carbocycles. The monoisotopic (exact) mass is 720 g/mol. The summed E-state index contributed by atoms with van der Waals surface area (Å²) in [4.78, 5) is 39.5. The number of allylic oxidation sites excluding steroid dienone is 11. The molecular formula is C37H52O14. The molecule has 11 unspecified atom stereocenters. The molecule has 2 fully saturated rings. The van der Waals surface area contributed by atoms with Gasteiger partial charge in [-0.2, -0.15) is 0 Å². The van der Waals surface area contributed by atoms with Gasteiger partial charge in [-0.1, -0.05) is 73.6 Å². The fourth-order valence-corrected chi connectivity index (χ4v) is 6.10. The Morgan fingerprint density at radius 3 is 2.18 bits per heavy atom. The first-order chi connectivity index (χ1) is 23.9. The fourth-order valence-electron chi connectivity index (χ4n) is 6.10. The SMILES string of the molecule is C/C=C/C=C(C)/C=C/C=C(C)/C=C/C1=C(C)C(=O)C(OC(=O)CCC(=O)C2OC(O)C(O)C(O)C2OC2OC(CO)C(O)C(O)C2O)CC1(C)C. The van der Waals surface area contributed by atoms with Crippen LogP contribution in [0.5, 0.6) is 0 Å². The Labute approximate surface area is 297 Å². The van der Waals surface area contributed by atoms with Crippen molar-refractivity contribution >= 4 is 17.5 Å². The third-order valence-corrected chi connectivity index (χ3v) is 9.14. The number of carbonyl (C=O) groups is 3. The highest BCUT2D eigenvalue weighted by Gasteiger charge is 2.52. The minimum absolute atomic E-state index is 0.192. The van der Waals surface area contributed by atoms with E-state index in [0.29, 0.717) is 5.57 Å². The van der Waals surface area contributed by atoms with Crippen molar-refractivity contribution in [2.45, 2.75) is 128 Å². The second-order valence-electron chi connectivity index (χ2n) is 13.7. The molecule has 0 aromatic carbocycles. The molecule has 0 amide bonds. The van der Waals surface area contributed by atoms with Crippen LogP contribution in [0.3, 0.4) is 0 Å². The van der Waals surface area contributed by atoms with Gasteiger partial charge in [0, 0.05) is 12.8 Å². The zero-order valence-corrected chi connectivity index (χ0v) is 29.8. The summed E-state index contributed by atoms with van der Waals surface area (Å²) in [6, 6.07) is 0. The number of ketones is 2. The maximum Gasteiger partial charge on any atom is 0.306 e. The van der Waals surface area contributed by atoms with Gasteiger partial charge in [0.05, 0.1) is 13.0 Å². The van der Waals surface area contributed by atoms with Gasteiger partial charge in [0.25, 0.3) is 0 Å². The molecule has 1 aliphatic carbocycles. The van der Waals surface area contributed by atoms with Crippen LogP contribution < -0.4 is 0 Å². The molecule has 0 spiro atoms. The number of hydrogen-bond donors (Lipinski definition) is 7. The lowest BCUT2D eigenvalue weighted by Gasteiger charge is -2.45. The molecule has 11 atom stereocenters. The van der Waals surface area contributed by atoms with Crippen LogP contribution in [0.2, 0.25) is 0 Å². The molecule has 284 valence electrons. The van der Waals surface area contributed by atoms with Crippen molar-refractivity contribution in [3.05, 3.63) is 70.9 Å². The van der Waals surface area contributed by atoms with Gasteiger partial charge in [-0.3, -0.25) is 14.4 Å². The molecule has 14 heteroatoms. The van der Waals surface area contributed by atoms with Crippen LogP contribution in [0.1, 0.15) is 60.8 Å². The summed E-state index contributed by atoms with van der Waals surface area (Å²) in [5, 5.41) is 70.9. The van der Waals surface area contributed by atoms with Gasteiger partial charge in [0.2, 0.25) is 0 Å². The largest absolute Gasteiger partial charge is 0.454 e. The number of hydrogen-bond acceptors (Lipinski definition) is 14. The summed E-state index contributed by atoms with van der Waals surface area (Å²) in [6.07, 6.45) is -4.55. The summed E-state index contributed by atoms with van der Waals surface area (Å²) < 4.78 is 21.5. The molecule has 3 rings (SSSR count). The minimum Gasteiger partial charge on any atom is -0.454 e. The zero-order valence-electron chi connectivity index (χ0n) is 29.8. The van der Waals surface area contributed by atoms with Crippen LogP contribution in [0.25, 0.3) is 0 Å². The molecule has 0 aromatic rings. The lowest BCUT2D eigenvalue weighted by Crippen LogP contribution is -2.65. The highest BCUT2D eigenvalue weighted by molar-refractivity contribution is 6.01. The van der Waals surface area contributed by atoms with Gasteiger partial charge in [0.1, 0.15) is 48.8 Å². The first-order valence-electron chi connectivity index (χ1n) is 16.9. The number of Topliss-reactive ketones (excluding diaryl/α,β-unsaturated/α-hetero) is 2. The number of ether oxygens (including phenoxy) is 4. The maximum atomic E-state index is 13.3. The van der Waals surface area contributed by atoms with Crippen molar-refractivity contribution in [2.24, 2.45) is 5.41 Å². The number of esters is 1. The van der Waals surface area contributed by atoms with Gasteiger partial charge in [-0.05, 0) is 44.3 Å². The van der Waals surface area contributed by atoms with Gasteiger partial charge >= 0.3 is 5.97 Å². The fraction of sp³-hybridized carbons (Fsp3) is 0.595. The molecular weight excluding hydrogens is 668 g/mol. The first-order valence-corrected chi connectivity index (χ1v) is 16.9. The van der Waals surface area contributed by atoms with E-state index in [0.717, 1.165) is 16.7 Å². The molecule has 51 heavy (non-hydrogen) atoms.